The molecule has 0 saturated heterocycles. The molecule has 3 aliphatic rings. The number of hydrogen-bond acceptors (Lipinski definition) is 3. The summed E-state index contributed by atoms with van der Waals surface area (Å²) in [4.78, 5) is 6.38. The van der Waals surface area contributed by atoms with Crippen LogP contribution in [-0.2, 0) is 19.4 Å². The summed E-state index contributed by atoms with van der Waals surface area (Å²) in [6, 6.07) is 35.5. The zero-order valence-electron chi connectivity index (χ0n) is 31.6. The minimum absolute atomic E-state index is 0.146. The van der Waals surface area contributed by atoms with Gasteiger partial charge in [0.1, 0.15) is 5.84 Å². The van der Waals surface area contributed by atoms with E-state index >= 15 is 0 Å². The fraction of sp³-hybridized carbons (Fsp3) is 0.216. The maximum absolute atomic E-state index is 7.96. The Hall–Kier alpha value is -5.58. The van der Waals surface area contributed by atoms with Crippen molar-refractivity contribution in [3.05, 3.63) is 177 Å². The van der Waals surface area contributed by atoms with Gasteiger partial charge in [0.2, 0.25) is 0 Å². The van der Waals surface area contributed by atoms with Gasteiger partial charge in [0.25, 0.3) is 0 Å². The zero-order valence-corrected chi connectivity index (χ0v) is 32.5. The summed E-state index contributed by atoms with van der Waals surface area (Å²) < 4.78 is 1.30. The lowest BCUT2D eigenvalue weighted by molar-refractivity contribution is 0.597. The van der Waals surface area contributed by atoms with Crippen LogP contribution >= 0.6 is 11.3 Å². The number of thiophene rings is 1. The number of benzene rings is 5. The first-order valence-corrected chi connectivity index (χ1v) is 20.6. The minimum Gasteiger partial charge on any atom is -0.383 e. The quantitative estimate of drug-likeness (QED) is 0.0958. The average Bonchev–Trinajstić information content (AvgIpc) is 3.61. The third kappa shape index (κ3) is 6.74. The van der Waals surface area contributed by atoms with Crippen LogP contribution in [0, 0.1) is 17.2 Å². The molecule has 3 N–H and O–H groups in total. The minimum atomic E-state index is 0.146. The van der Waals surface area contributed by atoms with E-state index in [-0.39, 0.29) is 5.92 Å². The number of hydrogen-bond donors (Lipinski definition) is 2. The van der Waals surface area contributed by atoms with Crippen LogP contribution in [-0.4, -0.2) is 12.1 Å². The van der Waals surface area contributed by atoms with E-state index in [0.29, 0.717) is 30.1 Å². The first kappa shape index (κ1) is 35.1. The third-order valence-corrected chi connectivity index (χ3v) is 13.2. The molecule has 3 aliphatic carbocycles. The Bertz CT molecular complexity index is 2600. The predicted octanol–water partition coefficient (Wildman–Crippen LogP) is 12.8. The molecule has 0 radical (unpaired) electrons. The number of nitrogens with zero attached hydrogens (tertiary/aromatic N) is 1. The van der Waals surface area contributed by atoms with Crippen LogP contribution in [0.4, 0.5) is 0 Å². The highest BCUT2D eigenvalue weighted by Crippen LogP contribution is 2.48. The van der Waals surface area contributed by atoms with E-state index in [4.69, 9.17) is 16.1 Å². The van der Waals surface area contributed by atoms with Crippen molar-refractivity contribution >= 4 is 55.9 Å². The molecule has 4 heteroatoms. The zero-order chi connectivity index (χ0) is 37.5. The second-order valence-corrected chi connectivity index (χ2v) is 16.7. The molecule has 0 aliphatic heterocycles. The molecule has 1 heterocycles. The van der Waals surface area contributed by atoms with Gasteiger partial charge in [-0.3, -0.25) is 4.99 Å². The van der Waals surface area contributed by atoms with Crippen molar-refractivity contribution in [3.8, 4) is 11.1 Å². The van der Waals surface area contributed by atoms with Gasteiger partial charge in [-0.15, -0.1) is 11.3 Å². The Balaban J connectivity index is 1.18. The molecule has 1 aromatic heterocycles. The number of rotatable bonds is 7. The first-order chi connectivity index (χ1) is 26.9. The highest BCUT2D eigenvalue weighted by atomic mass is 32.1. The van der Waals surface area contributed by atoms with E-state index < -0.39 is 0 Å². The topological polar surface area (TPSA) is 62.2 Å². The summed E-state index contributed by atoms with van der Waals surface area (Å²) in [6.45, 7) is 5.13. The van der Waals surface area contributed by atoms with Crippen molar-refractivity contribution in [1.82, 2.24) is 0 Å². The Labute approximate surface area is 328 Å². The molecule has 9 rings (SSSR count). The van der Waals surface area contributed by atoms with Crippen LogP contribution in [0.25, 0.3) is 43.6 Å². The van der Waals surface area contributed by atoms with Crippen molar-refractivity contribution < 1.29 is 0 Å². The highest BCUT2D eigenvalue weighted by molar-refractivity contribution is 7.19. The van der Waals surface area contributed by atoms with E-state index in [1.807, 2.05) is 17.4 Å². The van der Waals surface area contributed by atoms with E-state index in [9.17, 15) is 0 Å². The number of aliphatic imine (C=N–C) groups is 1. The SMILES string of the molecule is CC1/C=C\[C@@H](C)/C=C\c2ccc(-c3cc(C4=CCC(C=N)C=C4)c(C4CCc5sc6cccc(C(N)=NCc7ccccc7)c6c5C4)c4ccccc34)cc21. The van der Waals surface area contributed by atoms with Gasteiger partial charge in [-0.2, -0.15) is 0 Å². The molecule has 5 aromatic carbocycles. The number of aryl methyl sites for hydroxylation is 1. The second-order valence-electron chi connectivity index (χ2n) is 15.6. The Morgan fingerprint density at radius 1 is 0.855 bits per heavy atom. The second kappa shape index (κ2) is 14.9. The van der Waals surface area contributed by atoms with Crippen LogP contribution in [0.15, 0.2) is 139 Å². The molecule has 272 valence electrons. The lowest BCUT2D eigenvalue weighted by Crippen LogP contribution is -2.17. The van der Waals surface area contributed by atoms with Crippen LogP contribution in [0.3, 0.4) is 0 Å². The van der Waals surface area contributed by atoms with Crippen LogP contribution in [0.5, 0.6) is 0 Å². The fourth-order valence-electron chi connectivity index (χ4n) is 8.97. The summed E-state index contributed by atoms with van der Waals surface area (Å²) in [5.74, 6) is 1.84. The Morgan fingerprint density at radius 2 is 1.69 bits per heavy atom. The molecule has 0 spiro atoms. The van der Waals surface area contributed by atoms with E-state index in [1.54, 1.807) is 6.21 Å². The molecule has 55 heavy (non-hydrogen) atoms. The van der Waals surface area contributed by atoms with Crippen molar-refractivity contribution in [2.75, 3.05) is 0 Å². The van der Waals surface area contributed by atoms with Crippen LogP contribution < -0.4 is 5.73 Å². The van der Waals surface area contributed by atoms with Gasteiger partial charge in [-0.1, -0.05) is 135 Å². The van der Waals surface area contributed by atoms with Crippen LogP contribution in [0.2, 0.25) is 0 Å². The molecule has 3 nitrogen and oxygen atoms in total. The van der Waals surface area contributed by atoms with Crippen molar-refractivity contribution in [2.45, 2.75) is 57.9 Å². The summed E-state index contributed by atoms with van der Waals surface area (Å²) in [7, 11) is 0. The molecule has 4 atom stereocenters. The lowest BCUT2D eigenvalue weighted by atomic mass is 9.75. The van der Waals surface area contributed by atoms with Gasteiger partial charge in [-0.05, 0) is 122 Å². The van der Waals surface area contributed by atoms with Gasteiger partial charge in [0.15, 0.2) is 0 Å². The maximum Gasteiger partial charge on any atom is 0.126 e. The van der Waals surface area contributed by atoms with Crippen molar-refractivity contribution in [1.29, 1.82) is 5.41 Å². The molecular formula is C51H47N3S. The van der Waals surface area contributed by atoms with Crippen molar-refractivity contribution in [2.24, 2.45) is 22.6 Å². The normalized spacial score (nSPS) is 22.0. The number of fused-ring (bicyclic) bond motifs is 5. The fourth-order valence-corrected chi connectivity index (χ4v) is 10.2. The largest absolute Gasteiger partial charge is 0.383 e. The summed E-state index contributed by atoms with van der Waals surface area (Å²) in [5.41, 5.74) is 19.7. The monoisotopic (exact) mass is 733 g/mol. The molecule has 3 unspecified atom stereocenters. The van der Waals surface area contributed by atoms with E-state index in [1.165, 1.54) is 70.3 Å². The molecular weight excluding hydrogens is 687 g/mol. The summed E-state index contributed by atoms with van der Waals surface area (Å²) >= 11 is 1.93. The average molecular weight is 734 g/mol. The van der Waals surface area contributed by atoms with E-state index in [2.05, 4.69) is 147 Å². The number of amidine groups is 1. The molecule has 0 amide bonds. The van der Waals surface area contributed by atoms with E-state index in [0.717, 1.165) is 36.8 Å². The number of nitrogens with two attached hydrogens (primary N) is 1. The highest BCUT2D eigenvalue weighted by Gasteiger charge is 2.30. The van der Waals surface area contributed by atoms with Gasteiger partial charge in [0, 0.05) is 32.7 Å². The summed E-state index contributed by atoms with van der Waals surface area (Å²) in [5, 5.41) is 11.9. The maximum atomic E-state index is 7.96. The standard InChI is InChI=1S/C51H47N3S/c1-32-15-17-33(2)43-27-38(24-23-36(43)20-16-32)44-29-45(37-21-18-34(30-52)19-22-37)49(41-12-7-6-11-40(41)44)39-25-26-47-46(28-39)50-42(13-8-14-48(50)55-47)51(53)54-31-35-9-4-3-5-10-35/h3-18,20-24,27,29-30,32-34,39,52H,19,25-26,28,31H2,1-2H3,(H2,53,54)/b17-15-,20-16-,52-30?/t32-,33?,34?,39?/m1/s1. The van der Waals surface area contributed by atoms with Gasteiger partial charge in [-0.25, -0.2) is 0 Å². The van der Waals surface area contributed by atoms with Gasteiger partial charge < -0.3 is 11.1 Å². The third-order valence-electron chi connectivity index (χ3n) is 11.9. The summed E-state index contributed by atoms with van der Waals surface area (Å²) in [6.07, 6.45) is 21.6. The smallest absolute Gasteiger partial charge is 0.126 e. The number of nitrogens with one attached hydrogen (secondary N) is 1. The lowest BCUT2D eigenvalue weighted by Gasteiger charge is -2.29. The molecule has 0 fully saturated rings. The Morgan fingerprint density at radius 3 is 2.51 bits per heavy atom. The molecule has 0 saturated carbocycles. The Kier molecular flexibility index (Phi) is 9.53. The van der Waals surface area contributed by atoms with Crippen molar-refractivity contribution in [3.63, 3.8) is 0 Å². The van der Waals surface area contributed by atoms with Crippen LogP contribution in [0.1, 0.15) is 82.3 Å². The van der Waals surface area contributed by atoms with Gasteiger partial charge >= 0.3 is 0 Å². The molecule has 6 aromatic rings. The van der Waals surface area contributed by atoms with Gasteiger partial charge in [0.05, 0.1) is 6.54 Å². The first-order valence-electron chi connectivity index (χ1n) is 19.8. The molecule has 0 bridgehead atoms. The number of allylic oxidation sites excluding steroid dienone is 7. The predicted molar refractivity (Wildman–Crippen MR) is 237 cm³/mol.